The summed E-state index contributed by atoms with van der Waals surface area (Å²) in [6.07, 6.45) is 4.49. The van der Waals surface area contributed by atoms with Gasteiger partial charge in [-0.2, -0.15) is 0 Å². The number of carboxylic acid groups (broad SMARTS) is 1. The lowest BCUT2D eigenvalue weighted by molar-refractivity contribution is -0.138. The van der Waals surface area contributed by atoms with Gasteiger partial charge < -0.3 is 14.9 Å². The molecule has 0 aromatic rings. The van der Waals surface area contributed by atoms with E-state index >= 15 is 0 Å². The number of hydrogen-bond donors (Lipinski definition) is 1. The number of aliphatic carboxylic acids is 1. The van der Waals surface area contributed by atoms with E-state index < -0.39 is 5.97 Å². The highest BCUT2D eigenvalue weighted by atomic mass is 16.4. The summed E-state index contributed by atoms with van der Waals surface area (Å²) in [4.78, 5) is 27.3. The Labute approximate surface area is 120 Å². The molecule has 1 aliphatic carbocycles. The molecule has 2 unspecified atom stereocenters. The summed E-state index contributed by atoms with van der Waals surface area (Å²) >= 11 is 0. The standard InChI is InChI=1S/C15H26N2O3/c1-3-17(13-6-7-13)15(20)16-8-4-5-12(10-16)11(2)9-14(18)19/h11-13H,3-10H2,1-2H3,(H,18,19). The lowest BCUT2D eigenvalue weighted by Gasteiger charge is -2.38. The average molecular weight is 282 g/mol. The van der Waals surface area contributed by atoms with E-state index in [0.717, 1.165) is 45.3 Å². The zero-order valence-electron chi connectivity index (χ0n) is 12.5. The lowest BCUT2D eigenvalue weighted by Crippen LogP contribution is -2.49. The van der Waals surface area contributed by atoms with Gasteiger partial charge in [0.1, 0.15) is 0 Å². The third-order valence-corrected chi connectivity index (χ3v) is 4.60. The number of urea groups is 1. The van der Waals surface area contributed by atoms with Crippen LogP contribution in [0.1, 0.15) is 46.0 Å². The number of rotatable bonds is 5. The van der Waals surface area contributed by atoms with Crippen molar-refractivity contribution in [2.24, 2.45) is 11.8 Å². The van der Waals surface area contributed by atoms with Crippen LogP contribution in [0.5, 0.6) is 0 Å². The second-order valence-corrected chi connectivity index (χ2v) is 6.22. The number of piperidine rings is 1. The molecule has 2 fully saturated rings. The molecule has 0 bridgehead atoms. The highest BCUT2D eigenvalue weighted by Crippen LogP contribution is 2.30. The van der Waals surface area contributed by atoms with E-state index in [-0.39, 0.29) is 18.4 Å². The van der Waals surface area contributed by atoms with Gasteiger partial charge in [-0.05, 0) is 44.4 Å². The van der Waals surface area contributed by atoms with Gasteiger partial charge in [0.15, 0.2) is 0 Å². The van der Waals surface area contributed by atoms with Crippen LogP contribution >= 0.6 is 0 Å². The molecule has 0 spiro atoms. The van der Waals surface area contributed by atoms with E-state index in [1.54, 1.807) is 0 Å². The van der Waals surface area contributed by atoms with Gasteiger partial charge in [-0.3, -0.25) is 4.79 Å². The van der Waals surface area contributed by atoms with Crippen LogP contribution in [-0.2, 0) is 4.79 Å². The first-order valence-corrected chi connectivity index (χ1v) is 7.80. The second-order valence-electron chi connectivity index (χ2n) is 6.22. The predicted octanol–water partition coefficient (Wildman–Crippen LogP) is 2.41. The molecule has 2 aliphatic rings. The molecular formula is C15H26N2O3. The molecule has 2 atom stereocenters. The number of carbonyl (C=O) groups is 2. The van der Waals surface area contributed by atoms with Crippen molar-refractivity contribution >= 4 is 12.0 Å². The van der Waals surface area contributed by atoms with Crippen molar-refractivity contribution in [2.45, 2.75) is 52.0 Å². The molecule has 1 aliphatic heterocycles. The summed E-state index contributed by atoms with van der Waals surface area (Å²) in [7, 11) is 0. The third kappa shape index (κ3) is 3.64. The van der Waals surface area contributed by atoms with Gasteiger partial charge in [-0.1, -0.05) is 6.92 Å². The maximum absolute atomic E-state index is 12.5. The molecule has 114 valence electrons. The van der Waals surface area contributed by atoms with Gasteiger partial charge in [0.2, 0.25) is 0 Å². The van der Waals surface area contributed by atoms with Crippen molar-refractivity contribution in [1.82, 2.24) is 9.80 Å². The van der Waals surface area contributed by atoms with Crippen LogP contribution in [0.3, 0.4) is 0 Å². The quantitative estimate of drug-likeness (QED) is 0.842. The average Bonchev–Trinajstić information content (AvgIpc) is 3.23. The minimum absolute atomic E-state index is 0.138. The largest absolute Gasteiger partial charge is 0.481 e. The topological polar surface area (TPSA) is 60.9 Å². The first-order chi connectivity index (χ1) is 9.52. The SMILES string of the molecule is CCN(C(=O)N1CCCC(C(C)CC(=O)O)C1)C1CC1. The summed E-state index contributed by atoms with van der Waals surface area (Å²) in [5, 5.41) is 8.91. The van der Waals surface area contributed by atoms with E-state index in [2.05, 4.69) is 0 Å². The summed E-state index contributed by atoms with van der Waals surface area (Å²) in [5.41, 5.74) is 0. The molecule has 2 rings (SSSR count). The van der Waals surface area contributed by atoms with Crippen molar-refractivity contribution in [2.75, 3.05) is 19.6 Å². The van der Waals surface area contributed by atoms with Crippen LogP contribution in [0.25, 0.3) is 0 Å². The molecule has 0 aromatic heterocycles. The minimum Gasteiger partial charge on any atom is -0.481 e. The second kappa shape index (κ2) is 6.46. The zero-order chi connectivity index (χ0) is 14.7. The number of carboxylic acids is 1. The van der Waals surface area contributed by atoms with Crippen LogP contribution < -0.4 is 0 Å². The van der Waals surface area contributed by atoms with Gasteiger partial charge in [0.05, 0.1) is 0 Å². The Morgan fingerprint density at radius 3 is 2.60 bits per heavy atom. The first kappa shape index (κ1) is 15.1. The van der Waals surface area contributed by atoms with Gasteiger partial charge in [0.25, 0.3) is 0 Å². The number of carbonyl (C=O) groups excluding carboxylic acids is 1. The highest BCUT2D eigenvalue weighted by molar-refractivity contribution is 5.75. The van der Waals surface area contributed by atoms with E-state index in [1.165, 1.54) is 0 Å². The molecule has 1 saturated heterocycles. The van der Waals surface area contributed by atoms with Crippen LogP contribution in [-0.4, -0.2) is 52.6 Å². The maximum atomic E-state index is 12.5. The van der Waals surface area contributed by atoms with Crippen LogP contribution in [0, 0.1) is 11.8 Å². The Morgan fingerprint density at radius 1 is 1.35 bits per heavy atom. The van der Waals surface area contributed by atoms with Gasteiger partial charge in [-0.15, -0.1) is 0 Å². The smallest absolute Gasteiger partial charge is 0.320 e. The van der Waals surface area contributed by atoms with Crippen LogP contribution in [0.15, 0.2) is 0 Å². The molecule has 0 aromatic carbocycles. The predicted molar refractivity (Wildman–Crippen MR) is 76.5 cm³/mol. The van der Waals surface area contributed by atoms with Gasteiger partial charge in [-0.25, -0.2) is 4.79 Å². The minimum atomic E-state index is -0.742. The fourth-order valence-electron chi connectivity index (χ4n) is 3.21. The summed E-state index contributed by atoms with van der Waals surface area (Å²) < 4.78 is 0. The van der Waals surface area contributed by atoms with Crippen molar-refractivity contribution in [3.63, 3.8) is 0 Å². The number of hydrogen-bond acceptors (Lipinski definition) is 2. The van der Waals surface area contributed by atoms with Gasteiger partial charge >= 0.3 is 12.0 Å². The Hall–Kier alpha value is -1.26. The summed E-state index contributed by atoms with van der Waals surface area (Å²) in [6.45, 7) is 6.33. The molecule has 1 saturated carbocycles. The summed E-state index contributed by atoms with van der Waals surface area (Å²) in [6, 6.07) is 0.603. The number of amides is 2. The van der Waals surface area contributed by atoms with E-state index in [0.29, 0.717) is 12.0 Å². The van der Waals surface area contributed by atoms with E-state index in [1.807, 2.05) is 23.6 Å². The molecule has 20 heavy (non-hydrogen) atoms. The van der Waals surface area contributed by atoms with E-state index in [4.69, 9.17) is 5.11 Å². The molecule has 5 nitrogen and oxygen atoms in total. The molecule has 1 heterocycles. The lowest BCUT2D eigenvalue weighted by atomic mass is 9.85. The Morgan fingerprint density at radius 2 is 2.05 bits per heavy atom. The molecule has 2 amide bonds. The first-order valence-electron chi connectivity index (χ1n) is 7.80. The summed E-state index contributed by atoms with van der Waals surface area (Å²) in [5.74, 6) is -0.282. The van der Waals surface area contributed by atoms with E-state index in [9.17, 15) is 9.59 Å². The fraction of sp³-hybridized carbons (Fsp3) is 0.867. The third-order valence-electron chi connectivity index (χ3n) is 4.60. The van der Waals surface area contributed by atoms with Crippen LogP contribution in [0.4, 0.5) is 4.79 Å². The van der Waals surface area contributed by atoms with Crippen molar-refractivity contribution in [3.05, 3.63) is 0 Å². The van der Waals surface area contributed by atoms with Crippen molar-refractivity contribution in [3.8, 4) is 0 Å². The number of likely N-dealkylation sites (tertiary alicyclic amines) is 1. The highest BCUT2D eigenvalue weighted by Gasteiger charge is 2.36. The normalized spacial score (nSPS) is 24.3. The van der Waals surface area contributed by atoms with Gasteiger partial charge in [0, 0.05) is 32.1 Å². The van der Waals surface area contributed by atoms with Crippen molar-refractivity contribution < 1.29 is 14.7 Å². The Balaban J connectivity index is 1.92. The Bertz CT molecular complexity index is 368. The van der Waals surface area contributed by atoms with Crippen LogP contribution in [0.2, 0.25) is 0 Å². The monoisotopic (exact) mass is 282 g/mol. The van der Waals surface area contributed by atoms with Crippen molar-refractivity contribution in [1.29, 1.82) is 0 Å². The zero-order valence-corrected chi connectivity index (χ0v) is 12.5. The molecule has 5 heteroatoms. The number of nitrogens with zero attached hydrogens (tertiary/aromatic N) is 2. The molecule has 0 radical (unpaired) electrons. The fourth-order valence-corrected chi connectivity index (χ4v) is 3.21. The molecular weight excluding hydrogens is 256 g/mol. The molecule has 1 N–H and O–H groups in total. The Kier molecular flexibility index (Phi) is 4.89. The maximum Gasteiger partial charge on any atom is 0.320 e.